The number of hydrogen-bond donors (Lipinski definition) is 1. The molecule has 2 saturated heterocycles. The van der Waals surface area contributed by atoms with Crippen LogP contribution in [0.3, 0.4) is 0 Å². The third-order valence-corrected chi connectivity index (χ3v) is 7.28. The van der Waals surface area contributed by atoms with E-state index in [2.05, 4.69) is 26.7 Å². The Hall–Kier alpha value is -1.92. The second kappa shape index (κ2) is 5.79. The average molecular weight is 365 g/mol. The smallest absolute Gasteiger partial charge is 0.126 e. The number of nitrogens with zero attached hydrogens (tertiary/aromatic N) is 4. The molecule has 0 aromatic carbocycles. The van der Waals surface area contributed by atoms with E-state index in [1.807, 2.05) is 13.1 Å². The molecule has 6 nitrogen and oxygen atoms in total. The summed E-state index contributed by atoms with van der Waals surface area (Å²) in [4.78, 5) is 12.1. The monoisotopic (exact) mass is 365 g/mol. The molecule has 0 spiro atoms. The van der Waals surface area contributed by atoms with Gasteiger partial charge in [-0.05, 0) is 43.2 Å². The van der Waals surface area contributed by atoms with Crippen LogP contribution in [0, 0.1) is 18.8 Å². The number of imidazole rings is 1. The van der Waals surface area contributed by atoms with Gasteiger partial charge in [0.1, 0.15) is 11.6 Å². The standard InChI is InChI=1S/C21H27N5O/c1-12-5-14(6-23-20(12)22)18-9-26(21(24-18)13-3-2-4-13)19-16-7-25(8-17(16)19)15-10-27-11-15/h5-6,9,13,15-17,19H,2-4,7-8,10-11H2,1H3,(H2,22,23)/t16-,17+,19?. The van der Waals surface area contributed by atoms with E-state index in [0.29, 0.717) is 23.8 Å². The van der Waals surface area contributed by atoms with Crippen LogP contribution >= 0.6 is 0 Å². The molecule has 2 N–H and O–H groups in total. The highest BCUT2D eigenvalue weighted by Gasteiger charge is 2.58. The molecular weight excluding hydrogens is 338 g/mol. The van der Waals surface area contributed by atoms with Crippen molar-refractivity contribution in [3.8, 4) is 11.3 Å². The third-order valence-electron chi connectivity index (χ3n) is 7.28. The Bertz CT molecular complexity index is 873. The molecule has 2 saturated carbocycles. The lowest BCUT2D eigenvalue weighted by Gasteiger charge is -2.36. The maximum absolute atomic E-state index is 5.90. The summed E-state index contributed by atoms with van der Waals surface area (Å²) in [6.45, 7) is 6.32. The van der Waals surface area contributed by atoms with Gasteiger partial charge in [-0.3, -0.25) is 4.90 Å². The van der Waals surface area contributed by atoms with Gasteiger partial charge < -0.3 is 15.0 Å². The number of pyridine rings is 1. The van der Waals surface area contributed by atoms with Gasteiger partial charge in [-0.1, -0.05) is 6.42 Å². The van der Waals surface area contributed by atoms with E-state index in [1.165, 1.54) is 38.2 Å². The van der Waals surface area contributed by atoms with Gasteiger partial charge in [-0.15, -0.1) is 0 Å². The largest absolute Gasteiger partial charge is 0.383 e. The Morgan fingerprint density at radius 1 is 1.19 bits per heavy atom. The van der Waals surface area contributed by atoms with E-state index in [-0.39, 0.29) is 0 Å². The molecule has 0 amide bonds. The van der Waals surface area contributed by atoms with E-state index in [0.717, 1.165) is 41.9 Å². The van der Waals surface area contributed by atoms with Crippen molar-refractivity contribution >= 4 is 5.82 Å². The summed E-state index contributed by atoms with van der Waals surface area (Å²) < 4.78 is 7.92. The van der Waals surface area contributed by atoms with Crippen LogP contribution in [0.2, 0.25) is 0 Å². The first-order valence-corrected chi connectivity index (χ1v) is 10.3. The van der Waals surface area contributed by atoms with Gasteiger partial charge in [0.25, 0.3) is 0 Å². The molecule has 4 fully saturated rings. The maximum atomic E-state index is 5.90. The van der Waals surface area contributed by atoms with Gasteiger partial charge in [0.2, 0.25) is 0 Å². The molecule has 6 heteroatoms. The zero-order chi connectivity index (χ0) is 18.1. The van der Waals surface area contributed by atoms with Crippen LogP contribution in [-0.2, 0) is 4.74 Å². The fourth-order valence-electron chi connectivity index (χ4n) is 5.15. The molecule has 1 unspecified atom stereocenters. The van der Waals surface area contributed by atoms with Crippen LogP contribution < -0.4 is 5.73 Å². The van der Waals surface area contributed by atoms with Gasteiger partial charge in [0.05, 0.1) is 24.9 Å². The normalized spacial score (nSPS) is 30.8. The molecule has 3 atom stereocenters. The summed E-state index contributed by atoms with van der Waals surface area (Å²) in [7, 11) is 0. The number of anilines is 1. The summed E-state index contributed by atoms with van der Waals surface area (Å²) in [6.07, 6.45) is 8.06. The predicted molar refractivity (Wildman–Crippen MR) is 103 cm³/mol. The first-order valence-electron chi connectivity index (χ1n) is 10.3. The SMILES string of the molecule is Cc1cc(-c2cn(C3[C@H]4CN(C5COC5)C[C@@H]34)c(C3CCC3)n2)cnc1N. The fraction of sp³-hybridized carbons (Fsp3) is 0.619. The minimum atomic E-state index is 0.606. The molecule has 2 aliphatic carbocycles. The quantitative estimate of drug-likeness (QED) is 0.902. The number of piperidine rings is 1. The summed E-state index contributed by atoms with van der Waals surface area (Å²) in [5.74, 6) is 4.13. The molecular formula is C21H27N5O. The lowest BCUT2D eigenvalue weighted by Crippen LogP contribution is -2.49. The number of fused-ring (bicyclic) bond motifs is 1. The number of hydrogen-bond acceptors (Lipinski definition) is 5. The van der Waals surface area contributed by atoms with Gasteiger partial charge in [0, 0.05) is 43.0 Å². The van der Waals surface area contributed by atoms with Crippen molar-refractivity contribution in [2.24, 2.45) is 11.8 Å². The van der Waals surface area contributed by atoms with Crippen molar-refractivity contribution in [3.05, 3.63) is 29.8 Å². The van der Waals surface area contributed by atoms with Crippen LogP contribution in [-0.4, -0.2) is 51.8 Å². The number of likely N-dealkylation sites (tertiary alicyclic amines) is 1. The first-order chi connectivity index (χ1) is 13.2. The fourth-order valence-corrected chi connectivity index (χ4v) is 5.15. The Morgan fingerprint density at radius 2 is 1.96 bits per heavy atom. The predicted octanol–water partition coefficient (Wildman–Crippen LogP) is 2.60. The van der Waals surface area contributed by atoms with Crippen molar-refractivity contribution in [1.82, 2.24) is 19.4 Å². The Kier molecular flexibility index (Phi) is 3.44. The van der Waals surface area contributed by atoms with Crippen molar-refractivity contribution in [2.75, 3.05) is 32.0 Å². The van der Waals surface area contributed by atoms with E-state index in [1.54, 1.807) is 0 Å². The lowest BCUT2D eigenvalue weighted by molar-refractivity contribution is -0.0616. The molecule has 27 heavy (non-hydrogen) atoms. The van der Waals surface area contributed by atoms with Gasteiger partial charge >= 0.3 is 0 Å². The molecule has 2 aromatic rings. The van der Waals surface area contributed by atoms with Crippen LogP contribution in [0.1, 0.15) is 42.6 Å². The van der Waals surface area contributed by atoms with Gasteiger partial charge in [0.15, 0.2) is 0 Å². The first kappa shape index (κ1) is 16.1. The van der Waals surface area contributed by atoms with Crippen LogP contribution in [0.15, 0.2) is 18.5 Å². The molecule has 4 aliphatic rings. The molecule has 2 aliphatic heterocycles. The summed E-state index contributed by atoms with van der Waals surface area (Å²) in [5, 5.41) is 0. The lowest BCUT2D eigenvalue weighted by atomic mass is 9.85. The van der Waals surface area contributed by atoms with E-state index < -0.39 is 0 Å². The number of nitrogen functional groups attached to an aromatic ring is 1. The summed E-state index contributed by atoms with van der Waals surface area (Å²) in [6, 6.07) is 3.43. The molecule has 142 valence electrons. The zero-order valence-corrected chi connectivity index (χ0v) is 15.8. The number of aromatic nitrogens is 3. The molecule has 4 heterocycles. The molecule has 0 radical (unpaired) electrons. The maximum Gasteiger partial charge on any atom is 0.126 e. The Balaban J connectivity index is 1.29. The highest BCUT2D eigenvalue weighted by atomic mass is 16.5. The van der Waals surface area contributed by atoms with Crippen molar-refractivity contribution in [1.29, 1.82) is 0 Å². The molecule has 6 rings (SSSR count). The number of nitrogens with two attached hydrogens (primary N) is 1. The highest BCUT2D eigenvalue weighted by Crippen LogP contribution is 2.57. The van der Waals surface area contributed by atoms with E-state index in [9.17, 15) is 0 Å². The number of aryl methyl sites for hydroxylation is 1. The van der Waals surface area contributed by atoms with E-state index >= 15 is 0 Å². The van der Waals surface area contributed by atoms with Crippen LogP contribution in [0.25, 0.3) is 11.3 Å². The minimum absolute atomic E-state index is 0.606. The highest BCUT2D eigenvalue weighted by molar-refractivity contribution is 5.61. The number of ether oxygens (including phenoxy) is 1. The number of rotatable bonds is 4. The zero-order valence-electron chi connectivity index (χ0n) is 15.8. The summed E-state index contributed by atoms with van der Waals surface area (Å²) in [5.41, 5.74) is 9.07. The minimum Gasteiger partial charge on any atom is -0.383 e. The molecule has 0 bridgehead atoms. The average Bonchev–Trinajstić information content (AvgIpc) is 2.92. The topological polar surface area (TPSA) is 69.2 Å². The van der Waals surface area contributed by atoms with Crippen molar-refractivity contribution in [3.63, 3.8) is 0 Å². The third kappa shape index (κ3) is 2.46. The second-order valence-corrected chi connectivity index (χ2v) is 8.91. The molecule has 2 aromatic heterocycles. The van der Waals surface area contributed by atoms with Crippen LogP contribution in [0.4, 0.5) is 5.82 Å². The summed E-state index contributed by atoms with van der Waals surface area (Å²) >= 11 is 0. The van der Waals surface area contributed by atoms with Crippen molar-refractivity contribution < 1.29 is 4.74 Å². The van der Waals surface area contributed by atoms with Crippen molar-refractivity contribution in [2.45, 2.75) is 44.2 Å². The second-order valence-electron chi connectivity index (χ2n) is 8.91. The van der Waals surface area contributed by atoms with Gasteiger partial charge in [-0.25, -0.2) is 9.97 Å². The van der Waals surface area contributed by atoms with Gasteiger partial charge in [-0.2, -0.15) is 0 Å². The van der Waals surface area contributed by atoms with Crippen LogP contribution in [0.5, 0.6) is 0 Å². The Labute approximate surface area is 159 Å². The Morgan fingerprint density at radius 3 is 2.56 bits per heavy atom. The van der Waals surface area contributed by atoms with E-state index in [4.69, 9.17) is 15.5 Å².